The van der Waals surface area contributed by atoms with Crippen molar-refractivity contribution in [3.63, 3.8) is 0 Å². The standard InChI is InChI=1S/C22H21F3N6O2/c23-22(24,25)16-10-29-21(31-20(16)30-18(19(26)32)15-11-33-12-15)28-9-13-4-6-14(7-5-13)17-3-1-2-8-27-17/h1-8,10,15,18H,9,11-12H2,(H2,26,32)(H2,28,29,30,31). The average molecular weight is 458 g/mol. The zero-order chi connectivity index (χ0) is 23.4. The number of hydrogen-bond donors (Lipinski definition) is 3. The van der Waals surface area contributed by atoms with Gasteiger partial charge in [0.1, 0.15) is 17.4 Å². The van der Waals surface area contributed by atoms with Crippen LogP contribution in [0.1, 0.15) is 11.1 Å². The largest absolute Gasteiger partial charge is 0.421 e. The van der Waals surface area contributed by atoms with Crippen molar-refractivity contribution in [1.82, 2.24) is 15.0 Å². The first kappa shape index (κ1) is 22.5. The number of benzene rings is 1. The topological polar surface area (TPSA) is 115 Å². The molecular weight excluding hydrogens is 437 g/mol. The number of primary amides is 1. The maximum atomic E-state index is 13.5. The van der Waals surface area contributed by atoms with E-state index in [2.05, 4.69) is 25.6 Å². The maximum Gasteiger partial charge on any atom is 0.421 e. The first-order valence-corrected chi connectivity index (χ1v) is 10.1. The Morgan fingerprint density at radius 3 is 2.48 bits per heavy atom. The number of nitrogens with two attached hydrogens (primary N) is 1. The Balaban J connectivity index is 1.50. The van der Waals surface area contributed by atoms with Crippen molar-refractivity contribution in [2.45, 2.75) is 18.8 Å². The number of anilines is 2. The molecule has 3 aromatic rings. The Hall–Kier alpha value is -3.73. The molecule has 1 saturated heterocycles. The van der Waals surface area contributed by atoms with Crippen molar-refractivity contribution < 1.29 is 22.7 Å². The molecule has 0 radical (unpaired) electrons. The molecule has 4 rings (SSSR count). The van der Waals surface area contributed by atoms with Crippen LogP contribution >= 0.6 is 0 Å². The van der Waals surface area contributed by atoms with Crippen molar-refractivity contribution >= 4 is 17.7 Å². The molecule has 1 unspecified atom stereocenters. The number of carbonyl (C=O) groups is 1. The maximum absolute atomic E-state index is 13.5. The molecule has 1 aromatic carbocycles. The Bertz CT molecular complexity index is 1110. The Morgan fingerprint density at radius 2 is 1.91 bits per heavy atom. The van der Waals surface area contributed by atoms with E-state index in [0.717, 1.165) is 16.8 Å². The van der Waals surface area contributed by atoms with Gasteiger partial charge in [-0.2, -0.15) is 18.2 Å². The molecule has 172 valence electrons. The molecule has 3 heterocycles. The number of pyridine rings is 1. The van der Waals surface area contributed by atoms with Gasteiger partial charge < -0.3 is 21.1 Å². The molecule has 0 spiro atoms. The van der Waals surface area contributed by atoms with E-state index in [-0.39, 0.29) is 31.6 Å². The zero-order valence-electron chi connectivity index (χ0n) is 17.3. The third-order valence-electron chi connectivity index (χ3n) is 5.19. The highest BCUT2D eigenvalue weighted by atomic mass is 19.4. The lowest BCUT2D eigenvalue weighted by atomic mass is 9.97. The van der Waals surface area contributed by atoms with Crippen LogP contribution < -0.4 is 16.4 Å². The number of alkyl halides is 3. The number of hydrogen-bond acceptors (Lipinski definition) is 7. The molecular formula is C22H21F3N6O2. The third kappa shape index (κ3) is 5.37. The summed E-state index contributed by atoms with van der Waals surface area (Å²) < 4.78 is 45.4. The first-order chi connectivity index (χ1) is 15.8. The number of nitrogens with zero attached hydrogens (tertiary/aromatic N) is 3. The van der Waals surface area contributed by atoms with E-state index in [9.17, 15) is 18.0 Å². The molecule has 1 amide bonds. The fourth-order valence-corrected chi connectivity index (χ4v) is 3.31. The molecule has 1 fully saturated rings. The van der Waals surface area contributed by atoms with Crippen LogP contribution in [0.4, 0.5) is 24.9 Å². The van der Waals surface area contributed by atoms with Gasteiger partial charge in [-0.25, -0.2) is 4.98 Å². The predicted molar refractivity (Wildman–Crippen MR) is 115 cm³/mol. The van der Waals surface area contributed by atoms with E-state index < -0.39 is 29.5 Å². The number of rotatable bonds is 8. The Morgan fingerprint density at radius 1 is 1.15 bits per heavy atom. The van der Waals surface area contributed by atoms with Crippen molar-refractivity contribution in [3.8, 4) is 11.3 Å². The van der Waals surface area contributed by atoms with Gasteiger partial charge in [-0.05, 0) is 17.7 Å². The average Bonchev–Trinajstić information content (AvgIpc) is 2.76. The molecule has 0 saturated carbocycles. The van der Waals surface area contributed by atoms with Crippen molar-refractivity contribution in [1.29, 1.82) is 0 Å². The second-order valence-corrected chi connectivity index (χ2v) is 7.54. The fraction of sp³-hybridized carbons (Fsp3) is 0.273. The van der Waals surface area contributed by atoms with Crippen molar-refractivity contribution in [2.75, 3.05) is 23.8 Å². The van der Waals surface area contributed by atoms with Crippen LogP contribution in [0, 0.1) is 5.92 Å². The van der Waals surface area contributed by atoms with E-state index >= 15 is 0 Å². The van der Waals surface area contributed by atoms with Gasteiger partial charge in [0.2, 0.25) is 11.9 Å². The van der Waals surface area contributed by atoms with Gasteiger partial charge in [0.15, 0.2) is 0 Å². The minimum Gasteiger partial charge on any atom is -0.380 e. The van der Waals surface area contributed by atoms with E-state index in [1.54, 1.807) is 6.20 Å². The quantitative estimate of drug-likeness (QED) is 0.475. The van der Waals surface area contributed by atoms with Crippen LogP contribution in [-0.2, 0) is 22.3 Å². The molecule has 0 aliphatic carbocycles. The van der Waals surface area contributed by atoms with Crippen LogP contribution in [-0.4, -0.2) is 40.1 Å². The molecule has 1 aliphatic rings. The summed E-state index contributed by atoms with van der Waals surface area (Å²) in [6.07, 6.45) is -2.32. The van der Waals surface area contributed by atoms with Gasteiger partial charge in [0, 0.05) is 30.4 Å². The summed E-state index contributed by atoms with van der Waals surface area (Å²) in [5.74, 6) is -1.64. The predicted octanol–water partition coefficient (Wildman–Crippen LogP) is 3.08. The molecule has 2 aromatic heterocycles. The Kier molecular flexibility index (Phi) is 6.40. The minimum atomic E-state index is -4.71. The van der Waals surface area contributed by atoms with Crippen LogP contribution in [0.5, 0.6) is 0 Å². The van der Waals surface area contributed by atoms with Gasteiger partial charge in [0.25, 0.3) is 0 Å². The molecule has 1 aliphatic heterocycles. The van der Waals surface area contributed by atoms with E-state index in [1.165, 1.54) is 0 Å². The lowest BCUT2D eigenvalue weighted by molar-refractivity contribution is -0.137. The van der Waals surface area contributed by atoms with Crippen LogP contribution in [0.15, 0.2) is 54.9 Å². The van der Waals surface area contributed by atoms with Gasteiger partial charge in [-0.15, -0.1) is 0 Å². The van der Waals surface area contributed by atoms with E-state index in [0.29, 0.717) is 6.20 Å². The zero-order valence-corrected chi connectivity index (χ0v) is 17.3. The van der Waals surface area contributed by atoms with Crippen molar-refractivity contribution in [2.24, 2.45) is 11.7 Å². The lowest BCUT2D eigenvalue weighted by Crippen LogP contribution is -2.50. The minimum absolute atomic E-state index is 0.0209. The summed E-state index contributed by atoms with van der Waals surface area (Å²) in [7, 11) is 0. The van der Waals surface area contributed by atoms with Gasteiger partial charge in [0.05, 0.1) is 18.9 Å². The summed E-state index contributed by atoms with van der Waals surface area (Å²) in [5, 5.41) is 5.46. The van der Waals surface area contributed by atoms with Gasteiger partial charge in [-0.3, -0.25) is 9.78 Å². The van der Waals surface area contributed by atoms with Gasteiger partial charge in [-0.1, -0.05) is 30.3 Å². The smallest absolute Gasteiger partial charge is 0.380 e. The summed E-state index contributed by atoms with van der Waals surface area (Å²) >= 11 is 0. The molecule has 4 N–H and O–H groups in total. The summed E-state index contributed by atoms with van der Waals surface area (Å²) in [6, 6.07) is 12.1. The summed E-state index contributed by atoms with van der Waals surface area (Å²) in [4.78, 5) is 23.8. The van der Waals surface area contributed by atoms with E-state index in [1.807, 2.05) is 42.5 Å². The monoisotopic (exact) mass is 458 g/mol. The number of amides is 1. The fourth-order valence-electron chi connectivity index (χ4n) is 3.31. The second kappa shape index (κ2) is 9.41. The first-order valence-electron chi connectivity index (χ1n) is 10.1. The highest BCUT2D eigenvalue weighted by Crippen LogP contribution is 2.35. The number of halogens is 3. The number of aromatic nitrogens is 3. The summed E-state index contributed by atoms with van der Waals surface area (Å²) in [5.41, 5.74) is 6.94. The molecule has 8 nitrogen and oxygen atoms in total. The third-order valence-corrected chi connectivity index (χ3v) is 5.19. The molecule has 0 bridgehead atoms. The second-order valence-electron chi connectivity index (χ2n) is 7.54. The van der Waals surface area contributed by atoms with Crippen molar-refractivity contribution in [3.05, 3.63) is 66.0 Å². The van der Waals surface area contributed by atoms with Crippen LogP contribution in [0.3, 0.4) is 0 Å². The highest BCUT2D eigenvalue weighted by Gasteiger charge is 2.38. The van der Waals surface area contributed by atoms with Crippen LogP contribution in [0.25, 0.3) is 11.3 Å². The molecule has 1 atom stereocenters. The molecule has 11 heteroatoms. The normalized spacial score (nSPS) is 14.9. The van der Waals surface area contributed by atoms with Gasteiger partial charge >= 0.3 is 6.18 Å². The summed E-state index contributed by atoms with van der Waals surface area (Å²) in [6.45, 7) is 0.738. The highest BCUT2D eigenvalue weighted by molar-refractivity contribution is 5.83. The lowest BCUT2D eigenvalue weighted by Gasteiger charge is -2.33. The Labute approximate surface area is 187 Å². The number of nitrogens with one attached hydrogen (secondary N) is 2. The number of carbonyl (C=O) groups excluding carboxylic acids is 1. The molecule has 33 heavy (non-hydrogen) atoms. The SMILES string of the molecule is NC(=O)C(Nc1nc(NCc2ccc(-c3ccccn3)cc2)ncc1C(F)(F)F)C1COC1. The van der Waals surface area contributed by atoms with E-state index in [4.69, 9.17) is 10.5 Å². The van der Waals surface area contributed by atoms with Crippen LogP contribution in [0.2, 0.25) is 0 Å². The number of ether oxygens (including phenoxy) is 1.